The molecule has 0 amide bonds. The minimum absolute atomic E-state index is 0.376. The fourth-order valence-corrected chi connectivity index (χ4v) is 4.03. The predicted octanol–water partition coefficient (Wildman–Crippen LogP) is 6.14. The average molecular weight is 345 g/mol. The van der Waals surface area contributed by atoms with Crippen molar-refractivity contribution in [3.05, 3.63) is 65.7 Å². The van der Waals surface area contributed by atoms with Gasteiger partial charge in [0.25, 0.3) is 0 Å². The second-order valence-corrected chi connectivity index (χ2v) is 7.07. The molecule has 130 valence electrons. The van der Waals surface area contributed by atoms with Crippen molar-refractivity contribution in [2.75, 3.05) is 16.8 Å². The minimum Gasteiger partial charge on any atom is -0.454 e. The summed E-state index contributed by atoms with van der Waals surface area (Å²) < 4.78 is 30.6. The Morgan fingerprint density at radius 1 is 0.962 bits per heavy atom. The lowest BCUT2D eigenvalue weighted by atomic mass is 10.1. The van der Waals surface area contributed by atoms with Gasteiger partial charge in [-0.3, -0.25) is 0 Å². The molecule has 1 atom stereocenters. The maximum Gasteiger partial charge on any atom is 0.159 e. The first-order valence-electron chi connectivity index (χ1n) is 10.4. The number of benzene rings is 3. The van der Waals surface area contributed by atoms with Crippen molar-refractivity contribution in [2.24, 2.45) is 0 Å². The van der Waals surface area contributed by atoms with Gasteiger partial charge in [-0.15, -0.1) is 0 Å². The van der Waals surface area contributed by atoms with Crippen molar-refractivity contribution >= 4 is 39.0 Å². The van der Waals surface area contributed by atoms with Gasteiger partial charge in [-0.25, -0.2) is 0 Å². The summed E-state index contributed by atoms with van der Waals surface area (Å²) in [6, 6.07) is 18.1. The van der Waals surface area contributed by atoms with Crippen molar-refractivity contribution < 1.29 is 8.53 Å². The molecule has 3 aromatic carbocycles. The molecule has 0 unspecified atom stereocenters. The third-order valence-corrected chi connectivity index (χ3v) is 5.36. The highest BCUT2D eigenvalue weighted by atomic mass is 16.3. The van der Waals surface area contributed by atoms with Gasteiger partial charge in [-0.1, -0.05) is 36.4 Å². The first-order valence-corrected chi connectivity index (χ1v) is 8.87. The molecule has 0 saturated heterocycles. The Morgan fingerprint density at radius 2 is 1.73 bits per heavy atom. The van der Waals surface area contributed by atoms with Crippen LogP contribution in [0.1, 0.15) is 22.2 Å². The Kier molecular flexibility index (Phi) is 2.52. The van der Waals surface area contributed by atoms with Crippen LogP contribution in [0.2, 0.25) is 0 Å². The van der Waals surface area contributed by atoms with Gasteiger partial charge in [0.05, 0.1) is 17.1 Å². The Bertz CT molecular complexity index is 1260. The Balaban J connectivity index is 1.81. The summed E-state index contributed by atoms with van der Waals surface area (Å²) >= 11 is 0. The van der Waals surface area contributed by atoms with E-state index in [1.807, 2.05) is 51.1 Å². The number of furan rings is 1. The third-order valence-electron chi connectivity index (χ3n) is 5.36. The summed E-state index contributed by atoms with van der Waals surface area (Å²) in [5.74, 6) is 0. The van der Waals surface area contributed by atoms with Crippen LogP contribution in [0, 0.1) is 13.8 Å². The maximum absolute atomic E-state index is 8.08. The molecule has 0 aliphatic carbocycles. The van der Waals surface area contributed by atoms with E-state index in [0.29, 0.717) is 5.69 Å². The molecule has 26 heavy (non-hydrogen) atoms. The van der Waals surface area contributed by atoms with E-state index in [0.717, 1.165) is 44.4 Å². The molecule has 0 fully saturated rings. The number of para-hydroxylation sites is 2. The minimum atomic E-state index is -2.24. The van der Waals surface area contributed by atoms with Gasteiger partial charge in [0, 0.05) is 21.9 Å². The second kappa shape index (κ2) is 5.28. The largest absolute Gasteiger partial charge is 0.454 e. The van der Waals surface area contributed by atoms with E-state index in [1.54, 1.807) is 0 Å². The van der Waals surface area contributed by atoms with Crippen LogP contribution in [-0.2, 0) is 0 Å². The lowest BCUT2D eigenvalue weighted by molar-refractivity contribution is 0.661. The SMILES string of the molecule is [2H]C([2H])([2H])N1c2ccccc2N(c2c(C)ccc3c2oc2cc(C)ccc23)[C@H]1C. The highest BCUT2D eigenvalue weighted by Gasteiger charge is 2.33. The van der Waals surface area contributed by atoms with E-state index in [-0.39, 0.29) is 6.17 Å². The molecule has 0 bridgehead atoms. The maximum atomic E-state index is 8.08. The molecule has 1 aromatic heterocycles. The zero-order valence-electron chi connectivity index (χ0n) is 18.1. The smallest absolute Gasteiger partial charge is 0.159 e. The van der Waals surface area contributed by atoms with Crippen LogP contribution in [0.25, 0.3) is 21.9 Å². The van der Waals surface area contributed by atoms with Crippen molar-refractivity contribution in [3.63, 3.8) is 0 Å². The predicted molar refractivity (Wildman–Crippen MR) is 110 cm³/mol. The van der Waals surface area contributed by atoms with Gasteiger partial charge < -0.3 is 14.2 Å². The van der Waals surface area contributed by atoms with Crippen LogP contribution in [0.3, 0.4) is 0 Å². The molecule has 1 aliphatic heterocycles. The lowest BCUT2D eigenvalue weighted by Gasteiger charge is -2.29. The van der Waals surface area contributed by atoms with Gasteiger partial charge >= 0.3 is 0 Å². The first kappa shape index (κ1) is 12.4. The van der Waals surface area contributed by atoms with Crippen LogP contribution in [0.5, 0.6) is 0 Å². The molecular weight excluding hydrogens is 320 g/mol. The molecule has 0 spiro atoms. The fourth-order valence-electron chi connectivity index (χ4n) is 4.03. The number of anilines is 3. The van der Waals surface area contributed by atoms with Gasteiger partial charge in [0.15, 0.2) is 5.58 Å². The highest BCUT2D eigenvalue weighted by Crippen LogP contribution is 2.47. The summed E-state index contributed by atoms with van der Waals surface area (Å²) in [7, 11) is 0. The number of nitrogens with zero attached hydrogens (tertiary/aromatic N) is 2. The monoisotopic (exact) mass is 345 g/mol. The lowest BCUT2D eigenvalue weighted by Crippen LogP contribution is -2.36. The quantitative estimate of drug-likeness (QED) is 0.413. The van der Waals surface area contributed by atoms with E-state index < -0.39 is 6.98 Å². The Labute approximate surface area is 157 Å². The van der Waals surface area contributed by atoms with Crippen LogP contribution in [0.4, 0.5) is 17.1 Å². The van der Waals surface area contributed by atoms with Crippen LogP contribution in [-0.4, -0.2) is 13.1 Å². The molecule has 5 rings (SSSR count). The molecular formula is C23H22N2O. The van der Waals surface area contributed by atoms with Gasteiger partial charge in [0.2, 0.25) is 0 Å². The molecule has 3 nitrogen and oxygen atoms in total. The van der Waals surface area contributed by atoms with E-state index >= 15 is 0 Å². The van der Waals surface area contributed by atoms with Crippen LogP contribution < -0.4 is 9.80 Å². The van der Waals surface area contributed by atoms with Gasteiger partial charge in [-0.05, 0) is 50.1 Å². The average Bonchev–Trinajstić information content (AvgIpc) is 3.15. The van der Waals surface area contributed by atoms with Crippen molar-refractivity contribution in [1.82, 2.24) is 0 Å². The van der Waals surface area contributed by atoms with Crippen molar-refractivity contribution in [3.8, 4) is 0 Å². The standard InChI is InChI=1S/C23H22N2O/c1-14-9-11-17-18-12-10-15(2)22(23(18)26-21(17)13-14)25-16(3)24(4)19-7-5-6-8-20(19)25/h5-13,16H,1-4H3/t16-/m0/s1/i4D3. The summed E-state index contributed by atoms with van der Waals surface area (Å²) in [4.78, 5) is 3.60. The Hall–Kier alpha value is -2.94. The third kappa shape index (κ3) is 1.94. The number of hydrogen-bond acceptors (Lipinski definition) is 3. The topological polar surface area (TPSA) is 19.6 Å². The molecule has 2 heterocycles. The van der Waals surface area contributed by atoms with Crippen LogP contribution >= 0.6 is 0 Å². The van der Waals surface area contributed by atoms with Crippen molar-refractivity contribution in [2.45, 2.75) is 26.9 Å². The molecule has 0 saturated carbocycles. The molecule has 1 aliphatic rings. The second-order valence-electron chi connectivity index (χ2n) is 7.07. The van der Waals surface area contributed by atoms with Gasteiger partial charge in [0.1, 0.15) is 11.7 Å². The number of rotatable bonds is 1. The zero-order chi connectivity index (χ0) is 20.5. The van der Waals surface area contributed by atoms with Crippen LogP contribution in [0.15, 0.2) is 59.0 Å². The summed E-state index contributed by atoms with van der Waals surface area (Å²) in [5.41, 5.74) is 6.33. The highest BCUT2D eigenvalue weighted by molar-refractivity contribution is 6.10. The number of hydrogen-bond donors (Lipinski definition) is 0. The van der Waals surface area contributed by atoms with E-state index in [9.17, 15) is 0 Å². The number of fused-ring (bicyclic) bond motifs is 4. The molecule has 4 aromatic rings. The van der Waals surface area contributed by atoms with E-state index in [1.165, 1.54) is 4.90 Å². The molecule has 0 N–H and O–H groups in total. The fraction of sp³-hybridized carbons (Fsp3) is 0.217. The molecule has 3 heteroatoms. The molecule has 0 radical (unpaired) electrons. The van der Waals surface area contributed by atoms with Gasteiger partial charge in [-0.2, -0.15) is 0 Å². The van der Waals surface area contributed by atoms with E-state index in [4.69, 9.17) is 8.53 Å². The van der Waals surface area contributed by atoms with Crippen molar-refractivity contribution in [1.29, 1.82) is 0 Å². The Morgan fingerprint density at radius 3 is 2.54 bits per heavy atom. The summed E-state index contributed by atoms with van der Waals surface area (Å²) in [5, 5.41) is 2.11. The zero-order valence-corrected chi connectivity index (χ0v) is 15.1. The van der Waals surface area contributed by atoms with E-state index in [2.05, 4.69) is 29.2 Å². The first-order chi connectivity index (χ1) is 13.8. The summed E-state index contributed by atoms with van der Waals surface area (Å²) in [6.45, 7) is 3.78. The summed E-state index contributed by atoms with van der Waals surface area (Å²) in [6.07, 6.45) is -0.376. The normalized spacial score (nSPS) is 18.9. The number of aryl methyl sites for hydroxylation is 2.